The number of aromatic nitrogens is 6. The van der Waals surface area contributed by atoms with E-state index < -0.39 is 11.4 Å². The van der Waals surface area contributed by atoms with Crippen LogP contribution in [0.5, 0.6) is 0 Å². The van der Waals surface area contributed by atoms with Crippen LogP contribution in [0.15, 0.2) is 41.5 Å². The number of aromatic amines is 1. The first-order valence-corrected chi connectivity index (χ1v) is 11.6. The highest BCUT2D eigenvalue weighted by Gasteiger charge is 2.26. The number of fused-ring (bicyclic) bond motifs is 1. The Kier molecular flexibility index (Phi) is 5.76. The van der Waals surface area contributed by atoms with Crippen molar-refractivity contribution in [2.45, 2.75) is 51.1 Å². The summed E-state index contributed by atoms with van der Waals surface area (Å²) in [4.78, 5) is 30.5. The molecule has 3 aromatic heterocycles. The maximum atomic E-state index is 13.3. The number of nitrogens with zero attached hydrogens (tertiary/aromatic N) is 7. The van der Waals surface area contributed by atoms with Crippen LogP contribution in [-0.4, -0.2) is 36.8 Å². The van der Waals surface area contributed by atoms with E-state index in [9.17, 15) is 14.4 Å². The first-order chi connectivity index (χ1) is 16.9. The van der Waals surface area contributed by atoms with Gasteiger partial charge >= 0.3 is 0 Å². The van der Waals surface area contributed by atoms with E-state index in [4.69, 9.17) is 4.98 Å². The van der Waals surface area contributed by atoms with Crippen molar-refractivity contribution in [1.29, 1.82) is 5.26 Å². The third kappa shape index (κ3) is 4.14. The number of hydrogen-bond donors (Lipinski definition) is 1. The molecule has 1 aromatic carbocycles. The number of benzene rings is 1. The maximum absolute atomic E-state index is 13.3. The topological polar surface area (TPSA) is 116 Å². The zero-order valence-electron chi connectivity index (χ0n) is 19.7. The fourth-order valence-electron chi connectivity index (χ4n) is 4.43. The molecule has 0 saturated heterocycles. The Bertz CT molecular complexity index is 1470. The lowest BCUT2D eigenvalue weighted by molar-refractivity contribution is 0.565. The Morgan fingerprint density at radius 2 is 1.94 bits per heavy atom. The first kappa shape index (κ1) is 22.7. The second-order valence-corrected chi connectivity index (χ2v) is 8.90. The van der Waals surface area contributed by atoms with Crippen molar-refractivity contribution >= 4 is 17.0 Å². The summed E-state index contributed by atoms with van der Waals surface area (Å²) in [6, 6.07) is 9.82. The van der Waals surface area contributed by atoms with Crippen LogP contribution in [0, 0.1) is 17.1 Å². The van der Waals surface area contributed by atoms with Crippen LogP contribution in [-0.2, 0) is 0 Å². The van der Waals surface area contributed by atoms with Gasteiger partial charge in [-0.3, -0.25) is 9.78 Å². The fourth-order valence-corrected chi connectivity index (χ4v) is 4.43. The Morgan fingerprint density at radius 1 is 1.26 bits per heavy atom. The van der Waals surface area contributed by atoms with Gasteiger partial charge in [-0.2, -0.15) is 15.3 Å². The molecule has 0 aliphatic heterocycles. The highest BCUT2D eigenvalue weighted by molar-refractivity contribution is 5.81. The molecule has 0 amide bonds. The smallest absolute Gasteiger partial charge is 0.264 e. The van der Waals surface area contributed by atoms with E-state index in [-0.39, 0.29) is 29.1 Å². The van der Waals surface area contributed by atoms with E-state index in [1.807, 2.05) is 19.9 Å². The Morgan fingerprint density at radius 3 is 2.54 bits per heavy atom. The average Bonchev–Trinajstić information content (AvgIpc) is 3.65. The summed E-state index contributed by atoms with van der Waals surface area (Å²) in [7, 11) is 1.76. The Labute approximate surface area is 201 Å². The molecular weight excluding hydrogens is 447 g/mol. The minimum atomic E-state index is -0.522. The molecule has 5 rings (SSSR count). The van der Waals surface area contributed by atoms with E-state index in [1.54, 1.807) is 16.6 Å². The summed E-state index contributed by atoms with van der Waals surface area (Å²) >= 11 is 0. The van der Waals surface area contributed by atoms with Crippen LogP contribution in [0.2, 0.25) is 0 Å². The Balaban J connectivity index is 1.57. The van der Waals surface area contributed by atoms with Gasteiger partial charge < -0.3 is 4.90 Å². The largest absolute Gasteiger partial charge is 0.335 e. The van der Waals surface area contributed by atoms with Crippen molar-refractivity contribution in [3.63, 3.8) is 0 Å². The molecule has 1 N–H and O–H groups in total. The molecule has 1 saturated carbocycles. The van der Waals surface area contributed by atoms with Crippen molar-refractivity contribution in [1.82, 2.24) is 29.7 Å². The molecule has 1 aliphatic carbocycles. The van der Waals surface area contributed by atoms with Crippen molar-refractivity contribution < 1.29 is 4.39 Å². The van der Waals surface area contributed by atoms with Crippen LogP contribution < -0.4 is 10.5 Å². The summed E-state index contributed by atoms with van der Waals surface area (Å²) < 4.78 is 15.0. The lowest BCUT2D eigenvalue weighted by Crippen LogP contribution is -2.29. The lowest BCUT2D eigenvalue weighted by Gasteiger charge is -2.26. The molecule has 0 radical (unpaired) electrons. The van der Waals surface area contributed by atoms with Gasteiger partial charge in [-0.15, -0.1) is 0 Å². The zero-order chi connectivity index (χ0) is 24.7. The summed E-state index contributed by atoms with van der Waals surface area (Å²) in [6.07, 6.45) is 5.28. The van der Waals surface area contributed by atoms with Crippen molar-refractivity contribution in [2.24, 2.45) is 0 Å². The van der Waals surface area contributed by atoms with E-state index in [0.29, 0.717) is 23.8 Å². The highest BCUT2D eigenvalue weighted by Crippen LogP contribution is 2.40. The molecule has 2 atom stereocenters. The zero-order valence-corrected chi connectivity index (χ0v) is 19.7. The van der Waals surface area contributed by atoms with Crippen molar-refractivity contribution in [3.8, 4) is 6.07 Å². The molecule has 3 heterocycles. The minimum absolute atomic E-state index is 0.0262. The number of halogens is 1. The number of H-pyrrole nitrogens is 1. The van der Waals surface area contributed by atoms with Crippen molar-refractivity contribution in [3.05, 3.63) is 75.5 Å². The number of rotatable bonds is 7. The van der Waals surface area contributed by atoms with Gasteiger partial charge in [0.15, 0.2) is 23.0 Å². The van der Waals surface area contributed by atoms with Gasteiger partial charge in [-0.1, -0.05) is 31.2 Å². The van der Waals surface area contributed by atoms with Gasteiger partial charge in [0, 0.05) is 7.05 Å². The van der Waals surface area contributed by atoms with Gasteiger partial charge in [-0.25, -0.2) is 19.0 Å². The van der Waals surface area contributed by atoms with E-state index >= 15 is 0 Å². The Hall–Kier alpha value is -4.13. The standard InChI is InChI=1S/C25H25FN8O/c1-4-20(22-28-12-18(26)13-29-22)33(3)25-30-23-21(24(35)31-25)19(11-27)32-34(23)14(2)15-5-7-16(8-6-15)17-9-10-17/h5-8,12-14,17,20H,4,9-10H2,1-3H3,(H,30,31,35). The summed E-state index contributed by atoms with van der Waals surface area (Å²) in [6.45, 7) is 3.91. The molecule has 4 aromatic rings. The van der Waals surface area contributed by atoms with Crippen LogP contribution in [0.1, 0.15) is 73.8 Å². The number of hydrogen-bond acceptors (Lipinski definition) is 7. The van der Waals surface area contributed by atoms with E-state index in [2.05, 4.69) is 44.3 Å². The first-order valence-electron chi connectivity index (χ1n) is 11.6. The van der Waals surface area contributed by atoms with Gasteiger partial charge in [0.1, 0.15) is 11.5 Å². The average molecular weight is 473 g/mol. The number of nitriles is 1. The minimum Gasteiger partial charge on any atom is -0.335 e. The maximum Gasteiger partial charge on any atom is 0.264 e. The summed E-state index contributed by atoms with van der Waals surface area (Å²) in [5, 5.41) is 14.2. The third-order valence-corrected chi connectivity index (χ3v) is 6.62. The predicted octanol–water partition coefficient (Wildman–Crippen LogP) is 3.99. The van der Waals surface area contributed by atoms with Crippen LogP contribution >= 0.6 is 0 Å². The molecule has 0 spiro atoms. The quantitative estimate of drug-likeness (QED) is 0.432. The fraction of sp³-hybridized carbons (Fsp3) is 0.360. The van der Waals surface area contributed by atoms with E-state index in [0.717, 1.165) is 18.0 Å². The molecule has 10 heteroatoms. The summed E-state index contributed by atoms with van der Waals surface area (Å²) in [5.74, 6) is 0.829. The molecular formula is C25H25FN8O. The SMILES string of the molecule is CCC(c1ncc(F)cn1)N(C)c1nc2c(c(C#N)nn2C(C)c2ccc(C3CC3)cc2)c(=O)[nH]1. The molecule has 0 bridgehead atoms. The predicted molar refractivity (Wildman–Crippen MR) is 129 cm³/mol. The third-order valence-electron chi connectivity index (χ3n) is 6.62. The van der Waals surface area contributed by atoms with Crippen molar-refractivity contribution in [2.75, 3.05) is 11.9 Å². The molecule has 2 unspecified atom stereocenters. The monoisotopic (exact) mass is 472 g/mol. The second-order valence-electron chi connectivity index (χ2n) is 8.90. The summed E-state index contributed by atoms with van der Waals surface area (Å²) in [5.41, 5.74) is 2.23. The van der Waals surface area contributed by atoms with Gasteiger partial charge in [-0.05, 0) is 43.2 Å². The normalized spacial score (nSPS) is 15.1. The van der Waals surface area contributed by atoms with Crippen LogP contribution in [0.3, 0.4) is 0 Å². The molecule has 9 nitrogen and oxygen atoms in total. The number of anilines is 1. The number of nitrogens with one attached hydrogen (secondary N) is 1. The molecule has 1 aliphatic rings. The lowest BCUT2D eigenvalue weighted by atomic mass is 10.0. The van der Waals surface area contributed by atoms with Crippen LogP contribution in [0.4, 0.5) is 10.3 Å². The van der Waals surface area contributed by atoms with E-state index in [1.165, 1.54) is 18.4 Å². The molecule has 1 fully saturated rings. The molecule has 178 valence electrons. The second kappa shape index (κ2) is 8.91. The van der Waals surface area contributed by atoms with Gasteiger partial charge in [0.05, 0.1) is 24.5 Å². The molecule has 35 heavy (non-hydrogen) atoms. The van der Waals surface area contributed by atoms with Crippen LogP contribution in [0.25, 0.3) is 11.0 Å². The van der Waals surface area contributed by atoms with Gasteiger partial charge in [0.25, 0.3) is 5.56 Å². The highest BCUT2D eigenvalue weighted by atomic mass is 19.1. The van der Waals surface area contributed by atoms with Gasteiger partial charge in [0.2, 0.25) is 5.95 Å².